The van der Waals surface area contributed by atoms with E-state index in [0.717, 1.165) is 17.1 Å². The molecule has 18 heavy (non-hydrogen) atoms. The molecule has 0 amide bonds. The van der Waals surface area contributed by atoms with Gasteiger partial charge in [-0.1, -0.05) is 0 Å². The molecular weight excluding hydrogens is 348 g/mol. The van der Waals surface area contributed by atoms with Crippen LogP contribution in [0.3, 0.4) is 0 Å². The van der Waals surface area contributed by atoms with Crippen molar-refractivity contribution >= 4 is 34.5 Å². The van der Waals surface area contributed by atoms with E-state index < -0.39 is 20.8 Å². The van der Waals surface area contributed by atoms with Crippen LogP contribution in [0.15, 0.2) is 17.8 Å². The first-order valence-electron chi connectivity index (χ1n) is 5.44. The zero-order valence-electron chi connectivity index (χ0n) is 10.6. The Morgan fingerprint density at radius 2 is 1.39 bits per heavy atom. The molecule has 0 aliphatic heterocycles. The molecule has 1 aliphatic carbocycles. The molecule has 1 aromatic carbocycles. The SMILES string of the molecule is CNC1=Cc2c(NC)ccc(NC)c2[CH]1.[Cl][Zr][Cl]. The molecule has 3 N–H and O–H groups in total. The Morgan fingerprint density at radius 1 is 0.889 bits per heavy atom. The number of nitrogens with one attached hydrogen (secondary N) is 3. The number of benzene rings is 1. The molecule has 3 nitrogen and oxygen atoms in total. The standard InChI is InChI=1S/C12H16N3.2ClH.Zr/c1-13-8-6-9-10(7-8)12(15-3)5-4-11(9)14-2;;;/h4-7,13-15H,1-3H3;2*1H;/q;;;+2/p-2. The molecule has 97 valence electrons. The molecule has 0 bridgehead atoms. The van der Waals surface area contributed by atoms with Crippen molar-refractivity contribution in [2.45, 2.75) is 0 Å². The van der Waals surface area contributed by atoms with Crippen LogP contribution in [0.25, 0.3) is 6.08 Å². The van der Waals surface area contributed by atoms with Crippen LogP contribution in [0.2, 0.25) is 0 Å². The van der Waals surface area contributed by atoms with E-state index in [-0.39, 0.29) is 0 Å². The maximum absolute atomic E-state index is 4.93. The third kappa shape index (κ3) is 3.66. The van der Waals surface area contributed by atoms with Crippen molar-refractivity contribution in [3.63, 3.8) is 0 Å². The molecule has 0 fully saturated rings. The number of halogens is 2. The van der Waals surface area contributed by atoms with Crippen molar-refractivity contribution in [2.24, 2.45) is 0 Å². The summed E-state index contributed by atoms with van der Waals surface area (Å²) in [5, 5.41) is 9.57. The van der Waals surface area contributed by atoms with Crippen LogP contribution in [0.1, 0.15) is 11.1 Å². The summed E-state index contributed by atoms with van der Waals surface area (Å²) in [5.41, 5.74) is 5.95. The third-order valence-electron chi connectivity index (χ3n) is 2.71. The van der Waals surface area contributed by atoms with E-state index in [9.17, 15) is 0 Å². The molecule has 0 spiro atoms. The number of hydrogen-bond donors (Lipinski definition) is 3. The Bertz CT molecular complexity index is 436. The second-order valence-electron chi connectivity index (χ2n) is 3.55. The first-order valence-corrected chi connectivity index (χ1v) is 11.8. The average molecular weight is 364 g/mol. The first kappa shape index (κ1) is 15.9. The number of fused-ring (bicyclic) bond motifs is 1. The van der Waals surface area contributed by atoms with Crippen LogP contribution in [0.5, 0.6) is 0 Å². The molecule has 0 saturated heterocycles. The van der Waals surface area contributed by atoms with Crippen LogP contribution in [-0.4, -0.2) is 21.1 Å². The van der Waals surface area contributed by atoms with Crippen LogP contribution < -0.4 is 16.0 Å². The number of rotatable bonds is 3. The predicted octanol–water partition coefficient (Wildman–Crippen LogP) is 3.27. The summed E-state index contributed by atoms with van der Waals surface area (Å²) in [6.45, 7) is 0. The van der Waals surface area contributed by atoms with Crippen LogP contribution >= 0.6 is 17.0 Å². The average Bonchev–Trinajstić information content (AvgIpc) is 2.82. The quantitative estimate of drug-likeness (QED) is 0.770. The maximum atomic E-state index is 4.93. The summed E-state index contributed by atoms with van der Waals surface area (Å²) >= 11 is -0.826. The Kier molecular flexibility index (Phi) is 7.13. The van der Waals surface area contributed by atoms with Gasteiger partial charge in [0.2, 0.25) is 0 Å². The Morgan fingerprint density at radius 3 is 1.83 bits per heavy atom. The van der Waals surface area contributed by atoms with Crippen LogP contribution in [0, 0.1) is 6.42 Å². The molecule has 6 heteroatoms. The second-order valence-corrected chi connectivity index (χ2v) is 7.29. The number of allylic oxidation sites excluding steroid dienone is 1. The van der Waals surface area contributed by atoms with E-state index >= 15 is 0 Å². The summed E-state index contributed by atoms with van der Waals surface area (Å²) in [4.78, 5) is 0. The van der Waals surface area contributed by atoms with Crippen molar-refractivity contribution in [3.05, 3.63) is 35.4 Å². The Balaban J connectivity index is 0.000000492. The fourth-order valence-corrected chi connectivity index (χ4v) is 1.88. The van der Waals surface area contributed by atoms with Crippen molar-refractivity contribution in [1.29, 1.82) is 0 Å². The van der Waals surface area contributed by atoms with Gasteiger partial charge < -0.3 is 16.0 Å². The Hall–Kier alpha value is -0.177. The van der Waals surface area contributed by atoms with Gasteiger partial charge in [0.15, 0.2) is 0 Å². The van der Waals surface area contributed by atoms with Crippen LogP contribution in [-0.2, 0) is 20.8 Å². The molecule has 0 heterocycles. The van der Waals surface area contributed by atoms with E-state index in [4.69, 9.17) is 17.0 Å². The van der Waals surface area contributed by atoms with Gasteiger partial charge in [-0.2, -0.15) is 0 Å². The summed E-state index contributed by atoms with van der Waals surface area (Å²) in [6, 6.07) is 4.18. The molecule has 0 atom stereocenters. The van der Waals surface area contributed by atoms with Crippen molar-refractivity contribution in [3.8, 4) is 0 Å². The topological polar surface area (TPSA) is 36.1 Å². The minimum atomic E-state index is -0.826. The van der Waals surface area contributed by atoms with Crippen molar-refractivity contribution < 1.29 is 20.8 Å². The fraction of sp³-hybridized carbons (Fsp3) is 0.250. The second kappa shape index (κ2) is 8.09. The van der Waals surface area contributed by atoms with Gasteiger partial charge >= 0.3 is 37.9 Å². The molecule has 1 aromatic rings. The van der Waals surface area contributed by atoms with E-state index in [2.05, 4.69) is 40.6 Å². The first-order chi connectivity index (χ1) is 8.71. The molecule has 0 unspecified atom stereocenters. The fourth-order valence-electron chi connectivity index (χ4n) is 1.88. The molecule has 1 aliphatic rings. The molecule has 2 rings (SSSR count). The van der Waals surface area contributed by atoms with Gasteiger partial charge in [-0.25, -0.2) is 0 Å². The molecular formula is C12H16Cl2N3Zr. The monoisotopic (exact) mass is 362 g/mol. The van der Waals surface area contributed by atoms with Crippen LogP contribution in [0.4, 0.5) is 11.4 Å². The van der Waals surface area contributed by atoms with Gasteiger partial charge in [-0.15, -0.1) is 0 Å². The summed E-state index contributed by atoms with van der Waals surface area (Å²) in [5.74, 6) is 0. The van der Waals surface area contributed by atoms with Gasteiger partial charge in [0.25, 0.3) is 0 Å². The number of likely N-dealkylation sites (N-methyl/N-ethyl adjacent to an activating group) is 1. The number of anilines is 2. The van der Waals surface area contributed by atoms with Gasteiger partial charge in [-0.3, -0.25) is 0 Å². The number of hydrogen-bond acceptors (Lipinski definition) is 3. The predicted molar refractivity (Wildman–Crippen MR) is 77.7 cm³/mol. The summed E-state index contributed by atoms with van der Waals surface area (Å²) in [7, 11) is 15.7. The molecule has 0 aromatic heterocycles. The van der Waals surface area contributed by atoms with E-state index in [1.54, 1.807) is 0 Å². The van der Waals surface area contributed by atoms with Crippen molar-refractivity contribution in [2.75, 3.05) is 31.8 Å². The summed E-state index contributed by atoms with van der Waals surface area (Å²) < 4.78 is 0. The normalized spacial score (nSPS) is 11.7. The van der Waals surface area contributed by atoms with E-state index in [0.29, 0.717) is 0 Å². The molecule has 0 saturated carbocycles. The Labute approximate surface area is 127 Å². The van der Waals surface area contributed by atoms with Gasteiger partial charge in [0.1, 0.15) is 0 Å². The molecule has 1 radical (unpaired) electrons. The van der Waals surface area contributed by atoms with Gasteiger partial charge in [-0.05, 0) is 23.8 Å². The van der Waals surface area contributed by atoms with Gasteiger partial charge in [0.05, 0.1) is 0 Å². The van der Waals surface area contributed by atoms with E-state index in [1.165, 1.54) is 11.1 Å². The van der Waals surface area contributed by atoms with Gasteiger partial charge in [0, 0.05) is 50.2 Å². The minimum absolute atomic E-state index is 0.826. The zero-order valence-corrected chi connectivity index (χ0v) is 14.5. The third-order valence-corrected chi connectivity index (χ3v) is 2.71. The summed E-state index contributed by atoms with van der Waals surface area (Å²) in [6.07, 6.45) is 4.31. The van der Waals surface area contributed by atoms with Crippen molar-refractivity contribution in [1.82, 2.24) is 5.32 Å². The zero-order chi connectivity index (χ0) is 13.5. The van der Waals surface area contributed by atoms with E-state index in [1.807, 2.05) is 21.1 Å².